The minimum Gasteiger partial charge on any atom is -0.348 e. The molecule has 2 atom stereocenters. The molecule has 18 nitrogen and oxygen atoms in total. The lowest BCUT2D eigenvalue weighted by Crippen LogP contribution is -2.45. The number of carbonyl (C=O) groups is 2. The summed E-state index contributed by atoms with van der Waals surface area (Å²) in [7, 11) is 2.29. The van der Waals surface area contributed by atoms with Gasteiger partial charge in [0.25, 0.3) is 17.0 Å². The molecule has 6 rings (SSSR count). The predicted molar refractivity (Wildman–Crippen MR) is 241 cm³/mol. The van der Waals surface area contributed by atoms with Crippen molar-refractivity contribution in [1.82, 2.24) is 23.7 Å². The maximum atomic E-state index is 14.4. The van der Waals surface area contributed by atoms with E-state index in [1.807, 2.05) is 59.0 Å². The number of halogens is 6. The molecule has 0 spiro atoms. The molecular formula is C41H48F4I2N6O12. The number of nitrogens with two attached hydrogens (primary N) is 1. The van der Waals surface area contributed by atoms with Crippen molar-refractivity contribution in [1.29, 1.82) is 0 Å². The van der Waals surface area contributed by atoms with Crippen molar-refractivity contribution in [3.8, 4) is 0 Å². The van der Waals surface area contributed by atoms with Gasteiger partial charge in [-0.1, -0.05) is 12.1 Å². The van der Waals surface area contributed by atoms with Gasteiger partial charge in [-0.25, -0.2) is 38.5 Å². The van der Waals surface area contributed by atoms with Crippen LogP contribution in [-0.4, -0.2) is 80.2 Å². The van der Waals surface area contributed by atoms with E-state index in [0.29, 0.717) is 38.6 Å². The number of benzene rings is 2. The number of alkyl halides is 2. The Balaban J connectivity index is 0.000000243. The maximum absolute atomic E-state index is 14.4. The lowest BCUT2D eigenvalue weighted by Gasteiger charge is -2.18. The van der Waals surface area contributed by atoms with Gasteiger partial charge in [-0.15, -0.1) is 0 Å². The molecule has 0 bridgehead atoms. The van der Waals surface area contributed by atoms with Crippen LogP contribution >= 0.6 is 45.2 Å². The van der Waals surface area contributed by atoms with Crippen LogP contribution in [0.25, 0.3) is 0 Å². The van der Waals surface area contributed by atoms with Crippen LogP contribution in [0.5, 0.6) is 0 Å². The average Bonchev–Trinajstić information content (AvgIpc) is 3.77. The number of nitrogens with zero attached hydrogens (tertiary/aromatic N) is 4. The number of carbonyl (C=O) groups excluding carboxylic acids is 2. The minimum atomic E-state index is -1.31. The van der Waals surface area contributed by atoms with Crippen LogP contribution in [0.3, 0.4) is 0 Å². The topological polar surface area (TPSA) is 216 Å². The number of hydrogen-bond acceptors (Lipinski definition) is 13. The van der Waals surface area contributed by atoms with Gasteiger partial charge >= 0.3 is 11.4 Å². The van der Waals surface area contributed by atoms with Gasteiger partial charge < -0.3 is 23.8 Å². The molecule has 2 aromatic carbocycles. The number of ketones is 1. The normalized spacial score (nSPS) is 17.2. The van der Waals surface area contributed by atoms with E-state index in [0.717, 1.165) is 14.0 Å². The third kappa shape index (κ3) is 13.7. The Morgan fingerprint density at radius 1 is 0.754 bits per heavy atom. The number of nitrogens with one attached hydrogen (secondary N) is 1. The molecule has 4 aromatic rings. The van der Waals surface area contributed by atoms with Crippen LogP contribution in [0.2, 0.25) is 0 Å². The van der Waals surface area contributed by atoms with E-state index in [-0.39, 0.29) is 60.2 Å². The number of ether oxygens (including phenoxy) is 4. The number of hydrogen-bond donors (Lipinski definition) is 2. The van der Waals surface area contributed by atoms with E-state index >= 15 is 0 Å². The zero-order valence-corrected chi connectivity index (χ0v) is 40.6. The third-order valence-electron chi connectivity index (χ3n) is 9.72. The Hall–Kier alpha value is -4.16. The summed E-state index contributed by atoms with van der Waals surface area (Å²) in [5.74, 6) is 0.850. The molecular weight excluding hydrogens is 1100 g/mol. The Labute approximate surface area is 396 Å². The highest BCUT2D eigenvalue weighted by atomic mass is 127. The predicted octanol–water partition coefficient (Wildman–Crippen LogP) is 3.66. The zero-order chi connectivity index (χ0) is 48.6. The smallest absolute Gasteiger partial charge is 0.333 e. The summed E-state index contributed by atoms with van der Waals surface area (Å²) in [6.07, 6.45) is -1.05. The van der Waals surface area contributed by atoms with Gasteiger partial charge in [-0.05, 0) is 115 Å². The van der Waals surface area contributed by atoms with Crippen molar-refractivity contribution in [2.75, 3.05) is 26.4 Å². The molecule has 0 saturated carbocycles. The highest BCUT2D eigenvalue weighted by Gasteiger charge is 2.34. The summed E-state index contributed by atoms with van der Waals surface area (Å²) in [5.41, 5.74) is -2.44. The van der Waals surface area contributed by atoms with Gasteiger partial charge in [0.2, 0.25) is 0 Å². The molecule has 356 valence electrons. The number of Topliss-reactive ketones (excluding diaryl/α,β-unsaturated/α-hetero) is 1. The van der Waals surface area contributed by atoms with E-state index in [2.05, 4.69) is 10.3 Å². The first-order valence-electron chi connectivity index (χ1n) is 19.5. The van der Waals surface area contributed by atoms with Crippen LogP contribution in [-0.2, 0) is 69.2 Å². The molecule has 2 unspecified atom stereocenters. The molecule has 2 fully saturated rings. The highest BCUT2D eigenvalue weighted by Crippen LogP contribution is 2.24. The number of aromatic nitrogens is 4. The quantitative estimate of drug-likeness (QED) is 0.0848. The summed E-state index contributed by atoms with van der Waals surface area (Å²) < 4.78 is 80.9. The van der Waals surface area contributed by atoms with Gasteiger partial charge in [0, 0.05) is 45.5 Å². The van der Waals surface area contributed by atoms with E-state index < -0.39 is 82.7 Å². The Kier molecular flexibility index (Phi) is 18.9. The second kappa shape index (κ2) is 23.0. The Morgan fingerprint density at radius 3 is 1.54 bits per heavy atom. The van der Waals surface area contributed by atoms with Gasteiger partial charge in [0.15, 0.2) is 31.0 Å². The molecule has 65 heavy (non-hydrogen) atoms. The minimum absolute atomic E-state index is 0.0139. The van der Waals surface area contributed by atoms with Crippen molar-refractivity contribution in [3.05, 3.63) is 130 Å². The standard InChI is InChI=1S/C20H22F2IN3O6.C15H13F2IN2O3.C6H13NO3/c1-20(2)30-8-13(32-20)9-31-24-17(27)16-15(6-11-4-5-12(23)7-14(11)22)26(10-21)19(29)25(3)18(16)28;1-8(21)13-12(5-9-3-4-10(18)6-11(9)17)20(7-16)15(23)19(2)14(13)22;1-6(2)8-3-5(10-6)4-9-7/h4-5,7,13H,6,8-10H2,1-3H3,(H,24,27);3-4,6H,5,7H2,1-2H3;5H,3-4,7H2,1-2H3. The second-order valence-corrected chi connectivity index (χ2v) is 17.9. The largest absolute Gasteiger partial charge is 0.348 e. The molecule has 2 saturated heterocycles. The van der Waals surface area contributed by atoms with Gasteiger partial charge in [-0.3, -0.25) is 42.3 Å². The fourth-order valence-electron chi connectivity index (χ4n) is 6.55. The van der Waals surface area contributed by atoms with E-state index in [4.69, 9.17) is 29.7 Å². The Bertz CT molecular complexity index is 2640. The van der Waals surface area contributed by atoms with E-state index in [1.54, 1.807) is 26.0 Å². The summed E-state index contributed by atoms with van der Waals surface area (Å²) in [6, 6.07) is 8.72. The fourth-order valence-corrected chi connectivity index (χ4v) is 7.46. The fraction of sp³-hybridized carbons (Fsp3) is 0.463. The van der Waals surface area contributed by atoms with E-state index in [1.165, 1.54) is 31.3 Å². The molecule has 1 amide bonds. The molecule has 0 aliphatic carbocycles. The summed E-state index contributed by atoms with van der Waals surface area (Å²) in [6.45, 7) is 6.94. The van der Waals surface area contributed by atoms with Gasteiger partial charge in [0.05, 0.1) is 19.8 Å². The van der Waals surface area contributed by atoms with Crippen LogP contribution in [0.1, 0.15) is 77.8 Å². The van der Waals surface area contributed by atoms with Gasteiger partial charge in [0.1, 0.15) is 41.6 Å². The van der Waals surface area contributed by atoms with Crippen LogP contribution in [0.15, 0.2) is 55.6 Å². The van der Waals surface area contributed by atoms with Crippen molar-refractivity contribution in [2.45, 2.75) is 84.8 Å². The van der Waals surface area contributed by atoms with E-state index in [9.17, 15) is 46.3 Å². The summed E-state index contributed by atoms with van der Waals surface area (Å²) in [4.78, 5) is 83.5. The second-order valence-electron chi connectivity index (χ2n) is 15.4. The maximum Gasteiger partial charge on any atom is 0.333 e. The first-order valence-corrected chi connectivity index (χ1v) is 21.6. The molecule has 2 aliphatic rings. The average molecular weight is 1150 g/mol. The molecule has 24 heteroatoms. The number of hydroxylamine groups is 1. The van der Waals surface area contributed by atoms with Crippen molar-refractivity contribution >= 4 is 56.9 Å². The van der Waals surface area contributed by atoms with Crippen molar-refractivity contribution < 1.29 is 55.8 Å². The molecule has 3 N–H and O–H groups in total. The van der Waals surface area contributed by atoms with Crippen molar-refractivity contribution in [2.24, 2.45) is 20.0 Å². The summed E-state index contributed by atoms with van der Waals surface area (Å²) in [5, 5.41) is 0. The summed E-state index contributed by atoms with van der Waals surface area (Å²) >= 11 is 3.86. The first kappa shape index (κ1) is 53.5. The van der Waals surface area contributed by atoms with Crippen LogP contribution < -0.4 is 33.9 Å². The van der Waals surface area contributed by atoms with Gasteiger partial charge in [-0.2, -0.15) is 0 Å². The monoisotopic (exact) mass is 1150 g/mol. The first-order chi connectivity index (χ1) is 30.4. The molecule has 4 heterocycles. The molecule has 2 aliphatic heterocycles. The SMILES string of the molecule is CC(=O)c1c(Cc2ccc(I)cc2F)n(CF)c(=O)n(C)c1=O.CC1(C)OCC(CON)O1.Cn1c(=O)c(C(=O)NOCC2COC(C)(C)O2)c(Cc2ccc(I)cc2F)n(CF)c1=O. The lowest BCUT2D eigenvalue weighted by molar-refractivity contribution is -0.147. The number of amides is 1. The molecule has 2 aromatic heterocycles. The number of rotatable bonds is 13. The van der Waals surface area contributed by atoms with Crippen LogP contribution in [0, 0.1) is 18.8 Å². The Morgan fingerprint density at radius 2 is 1.17 bits per heavy atom. The zero-order valence-electron chi connectivity index (χ0n) is 36.3. The third-order valence-corrected chi connectivity index (χ3v) is 11.1. The molecule has 0 radical (unpaired) electrons. The lowest BCUT2D eigenvalue weighted by atomic mass is 10.0. The van der Waals surface area contributed by atoms with Crippen LogP contribution in [0.4, 0.5) is 17.6 Å². The van der Waals surface area contributed by atoms with Crippen molar-refractivity contribution in [3.63, 3.8) is 0 Å². The highest BCUT2D eigenvalue weighted by molar-refractivity contribution is 14.1.